The smallest absolute Gasteiger partial charge is 0.219 e. The van der Waals surface area contributed by atoms with E-state index >= 15 is 0 Å². The fourth-order valence-electron chi connectivity index (χ4n) is 1.33. The summed E-state index contributed by atoms with van der Waals surface area (Å²) in [5, 5.41) is 0. The highest BCUT2D eigenvalue weighted by Crippen LogP contribution is 2.19. The van der Waals surface area contributed by atoms with Gasteiger partial charge < -0.3 is 4.53 Å². The van der Waals surface area contributed by atoms with E-state index in [2.05, 4.69) is 46.2 Å². The molecule has 1 N–H and O–H groups in total. The van der Waals surface area contributed by atoms with Crippen molar-refractivity contribution in [3.63, 3.8) is 0 Å². The number of hydroxylamine groups is 1. The zero-order chi connectivity index (χ0) is 10.3. The van der Waals surface area contributed by atoms with Crippen molar-refractivity contribution in [3.05, 3.63) is 12.3 Å². The van der Waals surface area contributed by atoms with Gasteiger partial charge in [-0.15, -0.1) is 0 Å². The molecule has 0 amide bonds. The lowest BCUT2D eigenvalue weighted by atomic mass is 10.5. The summed E-state index contributed by atoms with van der Waals surface area (Å²) in [4.78, 5) is 0. The minimum atomic E-state index is -1.09. The Morgan fingerprint density at radius 3 is 2.15 bits per heavy atom. The molecule has 0 aromatic heterocycles. The van der Waals surface area contributed by atoms with Crippen LogP contribution in [0.5, 0.6) is 0 Å². The molecule has 0 radical (unpaired) electrons. The monoisotopic (exact) mass is 201 g/mol. The van der Waals surface area contributed by atoms with Crippen molar-refractivity contribution < 1.29 is 4.53 Å². The Morgan fingerprint density at radius 1 is 1.23 bits per heavy atom. The summed E-state index contributed by atoms with van der Waals surface area (Å²) in [6, 6.07) is 0. The molecule has 0 aliphatic carbocycles. The summed E-state index contributed by atoms with van der Waals surface area (Å²) in [5.41, 5.74) is 4.30. The summed E-state index contributed by atoms with van der Waals surface area (Å²) >= 11 is 0. The summed E-state index contributed by atoms with van der Waals surface area (Å²) in [6.07, 6.45) is 5.00. The Labute approximate surface area is 84.1 Å². The van der Waals surface area contributed by atoms with E-state index in [1.165, 1.54) is 0 Å². The van der Waals surface area contributed by atoms with Crippen LogP contribution in [0.15, 0.2) is 12.3 Å². The summed E-state index contributed by atoms with van der Waals surface area (Å²) in [6.45, 7) is 11.1. The molecule has 3 heteroatoms. The SMILES string of the molecule is CCC=CNO[SiH](C(C)C)C(C)C. The fourth-order valence-corrected chi connectivity index (χ4v) is 3.65. The molecule has 0 saturated carbocycles. The molecule has 0 unspecified atom stereocenters. The number of hydrogen-bond acceptors (Lipinski definition) is 2. The Bertz CT molecular complexity index is 138. The third-order valence-corrected chi connectivity index (χ3v) is 4.98. The minimum absolute atomic E-state index is 0.683. The van der Waals surface area contributed by atoms with E-state index in [1.54, 1.807) is 0 Å². The maximum absolute atomic E-state index is 5.67. The van der Waals surface area contributed by atoms with Crippen LogP contribution >= 0.6 is 0 Å². The molecule has 0 heterocycles. The predicted molar refractivity (Wildman–Crippen MR) is 61.0 cm³/mol. The van der Waals surface area contributed by atoms with Crippen molar-refractivity contribution in [2.24, 2.45) is 0 Å². The van der Waals surface area contributed by atoms with E-state index in [-0.39, 0.29) is 0 Å². The third kappa shape index (κ3) is 5.88. The van der Waals surface area contributed by atoms with Crippen LogP contribution in [0.4, 0.5) is 0 Å². The first-order chi connectivity index (χ1) is 6.09. The molecule has 0 rings (SSSR count). The van der Waals surface area contributed by atoms with Crippen LogP contribution in [0.25, 0.3) is 0 Å². The molecule has 0 bridgehead atoms. The number of rotatable bonds is 6. The largest absolute Gasteiger partial charge is 0.326 e. The van der Waals surface area contributed by atoms with Crippen LogP contribution in [0, 0.1) is 0 Å². The van der Waals surface area contributed by atoms with Gasteiger partial charge in [0, 0.05) is 6.20 Å². The second-order valence-corrected chi connectivity index (χ2v) is 7.83. The first-order valence-electron chi connectivity index (χ1n) is 5.15. The van der Waals surface area contributed by atoms with Crippen molar-refractivity contribution in [2.75, 3.05) is 0 Å². The van der Waals surface area contributed by atoms with Crippen molar-refractivity contribution in [1.29, 1.82) is 0 Å². The van der Waals surface area contributed by atoms with E-state index < -0.39 is 9.04 Å². The van der Waals surface area contributed by atoms with E-state index in [1.807, 2.05) is 6.20 Å². The van der Waals surface area contributed by atoms with Gasteiger partial charge in [0.25, 0.3) is 0 Å². The Hall–Kier alpha value is -0.283. The van der Waals surface area contributed by atoms with E-state index in [4.69, 9.17) is 4.53 Å². The van der Waals surface area contributed by atoms with Crippen LogP contribution in [-0.4, -0.2) is 9.04 Å². The Balaban J connectivity index is 3.76. The van der Waals surface area contributed by atoms with Crippen LogP contribution in [-0.2, 0) is 4.53 Å². The van der Waals surface area contributed by atoms with Crippen molar-refractivity contribution in [3.8, 4) is 0 Å². The zero-order valence-corrected chi connectivity index (χ0v) is 10.7. The van der Waals surface area contributed by atoms with E-state index in [9.17, 15) is 0 Å². The zero-order valence-electron chi connectivity index (χ0n) is 9.50. The van der Waals surface area contributed by atoms with Gasteiger partial charge in [0.1, 0.15) is 0 Å². The molecule has 0 atom stereocenters. The molecule has 13 heavy (non-hydrogen) atoms. The lowest BCUT2D eigenvalue weighted by molar-refractivity contribution is 0.233. The molecule has 0 aliphatic rings. The third-order valence-electron chi connectivity index (χ3n) is 1.94. The van der Waals surface area contributed by atoms with Gasteiger partial charge >= 0.3 is 0 Å². The molecular formula is C10H23NOSi. The maximum atomic E-state index is 5.67. The molecule has 0 aliphatic heterocycles. The first-order valence-corrected chi connectivity index (χ1v) is 6.96. The predicted octanol–water partition coefficient (Wildman–Crippen LogP) is 2.98. The lowest BCUT2D eigenvalue weighted by Gasteiger charge is -2.22. The molecule has 0 spiro atoms. The molecule has 0 fully saturated rings. The maximum Gasteiger partial charge on any atom is 0.219 e. The molecular weight excluding hydrogens is 178 g/mol. The van der Waals surface area contributed by atoms with Crippen LogP contribution in [0.2, 0.25) is 11.1 Å². The van der Waals surface area contributed by atoms with Gasteiger partial charge in [-0.05, 0) is 17.5 Å². The highest BCUT2D eigenvalue weighted by molar-refractivity contribution is 6.54. The van der Waals surface area contributed by atoms with Gasteiger partial charge in [0.15, 0.2) is 0 Å². The molecule has 2 nitrogen and oxygen atoms in total. The van der Waals surface area contributed by atoms with Crippen molar-refractivity contribution >= 4 is 9.04 Å². The normalized spacial score (nSPS) is 12.3. The van der Waals surface area contributed by atoms with Crippen LogP contribution in [0.1, 0.15) is 41.0 Å². The topological polar surface area (TPSA) is 21.3 Å². The van der Waals surface area contributed by atoms with Crippen LogP contribution in [0.3, 0.4) is 0 Å². The Kier molecular flexibility index (Phi) is 7.00. The highest BCUT2D eigenvalue weighted by atomic mass is 28.3. The lowest BCUT2D eigenvalue weighted by Crippen LogP contribution is -2.30. The van der Waals surface area contributed by atoms with Gasteiger partial charge in [0.05, 0.1) is 0 Å². The average Bonchev–Trinajstić information content (AvgIpc) is 2.02. The molecule has 0 saturated heterocycles. The molecule has 0 aromatic rings. The average molecular weight is 201 g/mol. The first kappa shape index (κ1) is 12.7. The summed E-state index contributed by atoms with van der Waals surface area (Å²) in [7, 11) is -1.09. The van der Waals surface area contributed by atoms with Gasteiger partial charge in [0.2, 0.25) is 9.04 Å². The molecule has 0 aromatic carbocycles. The second kappa shape index (κ2) is 7.15. The van der Waals surface area contributed by atoms with E-state index in [0.717, 1.165) is 6.42 Å². The van der Waals surface area contributed by atoms with E-state index in [0.29, 0.717) is 11.1 Å². The van der Waals surface area contributed by atoms with Crippen LogP contribution < -0.4 is 5.48 Å². The summed E-state index contributed by atoms with van der Waals surface area (Å²) < 4.78 is 5.67. The van der Waals surface area contributed by atoms with Crippen molar-refractivity contribution in [1.82, 2.24) is 5.48 Å². The van der Waals surface area contributed by atoms with Gasteiger partial charge in [-0.25, -0.2) is 0 Å². The van der Waals surface area contributed by atoms with Gasteiger partial charge in [-0.1, -0.05) is 40.7 Å². The van der Waals surface area contributed by atoms with Gasteiger partial charge in [-0.2, -0.15) is 0 Å². The number of hydrogen-bond donors (Lipinski definition) is 1. The summed E-state index contributed by atoms with van der Waals surface area (Å²) in [5.74, 6) is 0. The standard InChI is InChI=1S/C10H23NOSi/c1-6-7-8-11-12-13(9(2)3)10(4)5/h7-11,13H,6H2,1-5H3. The quantitative estimate of drug-likeness (QED) is 0.527. The second-order valence-electron chi connectivity index (χ2n) is 4.00. The number of nitrogens with one attached hydrogen (secondary N) is 1. The molecule has 78 valence electrons. The Morgan fingerprint density at radius 2 is 1.77 bits per heavy atom. The highest BCUT2D eigenvalue weighted by Gasteiger charge is 2.21. The van der Waals surface area contributed by atoms with Gasteiger partial charge in [-0.3, -0.25) is 5.48 Å². The van der Waals surface area contributed by atoms with Crippen molar-refractivity contribution in [2.45, 2.75) is 52.1 Å². The fraction of sp³-hybridized carbons (Fsp3) is 0.800. The number of allylic oxidation sites excluding steroid dienone is 1. The minimum Gasteiger partial charge on any atom is -0.326 e.